The van der Waals surface area contributed by atoms with Crippen LogP contribution in [0.5, 0.6) is 5.75 Å². The first-order valence-electron chi connectivity index (χ1n) is 8.26. The van der Waals surface area contributed by atoms with Crippen molar-refractivity contribution >= 4 is 21.4 Å². The van der Waals surface area contributed by atoms with Gasteiger partial charge in [0.05, 0.1) is 18.6 Å². The minimum Gasteiger partial charge on any atom is -0.495 e. The van der Waals surface area contributed by atoms with Gasteiger partial charge in [-0.25, -0.2) is 8.42 Å². The van der Waals surface area contributed by atoms with Crippen molar-refractivity contribution in [1.82, 2.24) is 0 Å². The van der Waals surface area contributed by atoms with Crippen molar-refractivity contribution in [2.24, 2.45) is 0 Å². The minimum absolute atomic E-state index is 0.0453. The second kappa shape index (κ2) is 7.50. The molecular weight excluding hydrogens is 350 g/mol. The average molecular weight is 375 g/mol. The molecule has 0 bridgehead atoms. The SMILES string of the molecule is COc1ccc(C(C)(C)C)cc1NC(=O)c1ccc(CS(C)(=O)=O)cc1. The van der Waals surface area contributed by atoms with Gasteiger partial charge >= 0.3 is 0 Å². The maximum atomic E-state index is 12.6. The van der Waals surface area contributed by atoms with Gasteiger partial charge in [0.2, 0.25) is 0 Å². The van der Waals surface area contributed by atoms with E-state index in [1.807, 2.05) is 18.2 Å². The highest BCUT2D eigenvalue weighted by Gasteiger charge is 2.17. The van der Waals surface area contributed by atoms with Crippen LogP contribution >= 0.6 is 0 Å². The van der Waals surface area contributed by atoms with E-state index >= 15 is 0 Å². The zero-order valence-corrected chi connectivity index (χ0v) is 16.6. The number of ether oxygens (including phenoxy) is 1. The Labute approximate surface area is 155 Å². The number of amides is 1. The number of carbonyl (C=O) groups excluding carboxylic acids is 1. The zero-order valence-electron chi connectivity index (χ0n) is 15.8. The van der Waals surface area contributed by atoms with Crippen molar-refractivity contribution in [1.29, 1.82) is 0 Å². The van der Waals surface area contributed by atoms with Gasteiger partial charge in [-0.2, -0.15) is 0 Å². The first-order chi connectivity index (χ1) is 12.0. The Hall–Kier alpha value is -2.34. The topological polar surface area (TPSA) is 72.5 Å². The second-order valence-corrected chi connectivity index (χ2v) is 9.53. The molecule has 0 unspecified atom stereocenters. The smallest absolute Gasteiger partial charge is 0.255 e. The van der Waals surface area contributed by atoms with Gasteiger partial charge in [0, 0.05) is 11.8 Å². The van der Waals surface area contributed by atoms with Gasteiger partial charge in [-0.15, -0.1) is 0 Å². The van der Waals surface area contributed by atoms with Crippen LogP contribution in [0.1, 0.15) is 42.3 Å². The third kappa shape index (κ3) is 5.33. The molecule has 2 rings (SSSR count). The van der Waals surface area contributed by atoms with E-state index in [9.17, 15) is 13.2 Å². The molecule has 0 atom stereocenters. The lowest BCUT2D eigenvalue weighted by Gasteiger charge is -2.21. The molecule has 2 aromatic rings. The Morgan fingerprint density at radius 2 is 1.69 bits per heavy atom. The normalized spacial score (nSPS) is 11.9. The van der Waals surface area contributed by atoms with Crippen molar-refractivity contribution in [2.75, 3.05) is 18.7 Å². The van der Waals surface area contributed by atoms with Crippen LogP contribution in [0.15, 0.2) is 42.5 Å². The first-order valence-corrected chi connectivity index (χ1v) is 10.3. The molecule has 0 radical (unpaired) electrons. The van der Waals surface area contributed by atoms with Gasteiger partial charge in [0.25, 0.3) is 5.91 Å². The quantitative estimate of drug-likeness (QED) is 0.863. The molecule has 5 nitrogen and oxygen atoms in total. The molecule has 0 aliphatic rings. The number of rotatable bonds is 5. The third-order valence-electron chi connectivity index (χ3n) is 3.96. The molecule has 0 aliphatic carbocycles. The molecule has 1 N–H and O–H groups in total. The molecule has 0 saturated heterocycles. The predicted octanol–water partition coefficient (Wildman–Crippen LogP) is 3.79. The molecule has 0 aromatic heterocycles. The lowest BCUT2D eigenvalue weighted by atomic mass is 9.87. The standard InChI is InChI=1S/C20H25NO4S/c1-20(2,3)16-10-11-18(25-4)17(12-16)21-19(22)15-8-6-14(7-9-15)13-26(5,23)24/h6-12H,13H2,1-5H3,(H,21,22). The number of hydrogen-bond acceptors (Lipinski definition) is 4. The van der Waals surface area contributed by atoms with E-state index in [1.165, 1.54) is 6.26 Å². The summed E-state index contributed by atoms with van der Waals surface area (Å²) in [5.74, 6) is 0.261. The lowest BCUT2D eigenvalue weighted by molar-refractivity contribution is 0.102. The van der Waals surface area contributed by atoms with Gasteiger partial charge in [-0.05, 0) is 40.8 Å². The number of hydrogen-bond donors (Lipinski definition) is 1. The minimum atomic E-state index is -3.10. The molecule has 6 heteroatoms. The van der Waals surface area contributed by atoms with Crippen LogP contribution in [0, 0.1) is 0 Å². The molecule has 0 heterocycles. The number of nitrogens with one attached hydrogen (secondary N) is 1. The summed E-state index contributed by atoms with van der Waals surface area (Å²) in [5.41, 5.74) is 2.73. The highest BCUT2D eigenvalue weighted by molar-refractivity contribution is 7.89. The van der Waals surface area contributed by atoms with Crippen LogP contribution in [-0.2, 0) is 21.0 Å². The van der Waals surface area contributed by atoms with Gasteiger partial charge < -0.3 is 10.1 Å². The monoisotopic (exact) mass is 375 g/mol. The van der Waals surface area contributed by atoms with Gasteiger partial charge in [0.15, 0.2) is 9.84 Å². The van der Waals surface area contributed by atoms with E-state index in [1.54, 1.807) is 31.4 Å². The largest absolute Gasteiger partial charge is 0.495 e. The fourth-order valence-electron chi connectivity index (χ4n) is 2.52. The summed E-state index contributed by atoms with van der Waals surface area (Å²) in [6, 6.07) is 12.3. The maximum absolute atomic E-state index is 12.6. The van der Waals surface area contributed by atoms with Gasteiger partial charge in [0.1, 0.15) is 5.75 Å². The summed E-state index contributed by atoms with van der Waals surface area (Å²) in [4.78, 5) is 12.6. The summed E-state index contributed by atoms with van der Waals surface area (Å²) in [6.45, 7) is 6.29. The van der Waals surface area contributed by atoms with Crippen LogP contribution in [0.2, 0.25) is 0 Å². The highest BCUT2D eigenvalue weighted by Crippen LogP contribution is 2.31. The summed E-state index contributed by atoms with van der Waals surface area (Å²) in [7, 11) is -1.55. The van der Waals surface area contributed by atoms with Crippen LogP contribution < -0.4 is 10.1 Å². The number of sulfone groups is 1. The Balaban J connectivity index is 2.24. The molecule has 2 aromatic carbocycles. The summed E-state index contributed by atoms with van der Waals surface area (Å²) in [5, 5.41) is 2.88. The van der Waals surface area contributed by atoms with Crippen molar-refractivity contribution < 1.29 is 17.9 Å². The molecule has 0 spiro atoms. The second-order valence-electron chi connectivity index (χ2n) is 7.39. The molecular formula is C20H25NO4S. The van der Waals surface area contributed by atoms with E-state index in [0.717, 1.165) is 5.56 Å². The average Bonchev–Trinajstić information content (AvgIpc) is 2.53. The summed E-state index contributed by atoms with van der Waals surface area (Å²) >= 11 is 0. The molecule has 140 valence electrons. The fourth-order valence-corrected chi connectivity index (χ4v) is 3.32. The number of benzene rings is 2. The van der Waals surface area contributed by atoms with E-state index < -0.39 is 9.84 Å². The van der Waals surface area contributed by atoms with E-state index in [2.05, 4.69) is 26.1 Å². The van der Waals surface area contributed by atoms with Crippen molar-refractivity contribution in [3.8, 4) is 5.75 Å². The summed E-state index contributed by atoms with van der Waals surface area (Å²) in [6.07, 6.45) is 1.18. The number of anilines is 1. The fraction of sp³-hybridized carbons (Fsp3) is 0.350. The first kappa shape index (κ1) is 20.0. The molecule has 0 saturated carbocycles. The van der Waals surface area contributed by atoms with E-state index in [4.69, 9.17) is 4.74 Å². The lowest BCUT2D eigenvalue weighted by Crippen LogP contribution is -2.15. The van der Waals surface area contributed by atoms with Gasteiger partial charge in [-0.3, -0.25) is 4.79 Å². The van der Waals surface area contributed by atoms with Gasteiger partial charge in [-0.1, -0.05) is 39.0 Å². The Morgan fingerprint density at radius 1 is 1.08 bits per heavy atom. The van der Waals surface area contributed by atoms with Crippen LogP contribution in [-0.4, -0.2) is 27.7 Å². The Kier molecular flexibility index (Phi) is 5.76. The Morgan fingerprint density at radius 3 is 2.19 bits per heavy atom. The van der Waals surface area contributed by atoms with Crippen LogP contribution in [0.25, 0.3) is 0 Å². The van der Waals surface area contributed by atoms with Crippen molar-refractivity contribution in [3.05, 3.63) is 59.2 Å². The third-order valence-corrected chi connectivity index (χ3v) is 4.82. The van der Waals surface area contributed by atoms with E-state index in [-0.39, 0.29) is 17.1 Å². The zero-order chi connectivity index (χ0) is 19.5. The highest BCUT2D eigenvalue weighted by atomic mass is 32.2. The van der Waals surface area contributed by atoms with Crippen molar-refractivity contribution in [3.63, 3.8) is 0 Å². The predicted molar refractivity (Wildman–Crippen MR) is 105 cm³/mol. The molecule has 26 heavy (non-hydrogen) atoms. The van der Waals surface area contributed by atoms with E-state index in [0.29, 0.717) is 22.6 Å². The Bertz CT molecular complexity index is 894. The summed E-state index contributed by atoms with van der Waals surface area (Å²) < 4.78 is 28.0. The molecule has 0 aliphatic heterocycles. The number of carbonyl (C=O) groups is 1. The maximum Gasteiger partial charge on any atom is 0.255 e. The molecule has 1 amide bonds. The number of methoxy groups -OCH3 is 1. The van der Waals surface area contributed by atoms with Crippen molar-refractivity contribution in [2.45, 2.75) is 31.9 Å². The molecule has 0 fully saturated rings. The van der Waals surface area contributed by atoms with Crippen LogP contribution in [0.3, 0.4) is 0 Å². The van der Waals surface area contributed by atoms with Crippen LogP contribution in [0.4, 0.5) is 5.69 Å².